The largest absolute Gasteiger partial charge is 0.370 e. The minimum atomic E-state index is -0.590. The number of ether oxygens (including phenoxy) is 2. The van der Waals surface area contributed by atoms with Gasteiger partial charge < -0.3 is 18.9 Å². The summed E-state index contributed by atoms with van der Waals surface area (Å²) in [5.41, 5.74) is 2.53. The second kappa shape index (κ2) is 11.3. The minimum Gasteiger partial charge on any atom is -0.370 e. The van der Waals surface area contributed by atoms with Crippen molar-refractivity contribution in [3.8, 4) is 0 Å². The second-order valence-corrected chi connectivity index (χ2v) is 11.0. The number of rotatable bonds is 7. The number of fused-ring (bicyclic) bond motifs is 1. The summed E-state index contributed by atoms with van der Waals surface area (Å²) in [6, 6.07) is 8.63. The first-order chi connectivity index (χ1) is 17.9. The number of carbonyl (C=O) groups is 1. The molecule has 0 radical (unpaired) electrons. The minimum absolute atomic E-state index is 0.0421. The number of hydrogen-bond acceptors (Lipinski definition) is 5. The number of hydrogen-bond donors (Lipinski definition) is 1. The van der Waals surface area contributed by atoms with Crippen molar-refractivity contribution in [2.24, 2.45) is 5.92 Å². The van der Waals surface area contributed by atoms with Crippen molar-refractivity contribution in [1.29, 1.82) is 0 Å². The molecule has 5 rings (SSSR count). The third kappa shape index (κ3) is 5.24. The molecule has 1 aliphatic carbocycles. The summed E-state index contributed by atoms with van der Waals surface area (Å²) in [5, 5.41) is 3.50. The van der Waals surface area contributed by atoms with E-state index in [1.165, 1.54) is 6.07 Å². The molecule has 1 aromatic heterocycles. The van der Waals surface area contributed by atoms with E-state index in [9.17, 15) is 9.18 Å². The van der Waals surface area contributed by atoms with Crippen molar-refractivity contribution in [2.45, 2.75) is 50.9 Å². The molecule has 0 unspecified atom stereocenters. The van der Waals surface area contributed by atoms with Crippen LogP contribution in [0, 0.1) is 11.7 Å². The average molecular weight is 594 g/mol. The van der Waals surface area contributed by atoms with Gasteiger partial charge in [-0.2, -0.15) is 0 Å². The first-order valence-corrected chi connectivity index (χ1v) is 13.9. The summed E-state index contributed by atoms with van der Waals surface area (Å²) in [7, 11) is 3.35. The summed E-state index contributed by atoms with van der Waals surface area (Å²) < 4.78 is 27.9. The van der Waals surface area contributed by atoms with Crippen LogP contribution in [0.4, 0.5) is 16.0 Å². The monoisotopic (exact) mass is 592 g/mol. The SMILES string of the molecule is COC(OC)C1CCN(c2cc3c(cc2Cl)nc(NC(=O)c2c(F)cccc2Br)n3C2CCCC2)CC1. The number of amides is 1. The fourth-order valence-corrected chi connectivity index (χ4v) is 6.54. The molecule has 2 fully saturated rings. The molecule has 7 nitrogen and oxygen atoms in total. The maximum Gasteiger partial charge on any atom is 0.262 e. The van der Waals surface area contributed by atoms with Crippen LogP contribution in [0.25, 0.3) is 11.0 Å². The molecule has 0 spiro atoms. The van der Waals surface area contributed by atoms with Crippen molar-refractivity contribution < 1.29 is 18.7 Å². The molecule has 2 heterocycles. The molecule has 37 heavy (non-hydrogen) atoms. The molecule has 1 saturated heterocycles. The van der Waals surface area contributed by atoms with E-state index in [0.717, 1.165) is 62.8 Å². The van der Waals surface area contributed by atoms with Crippen molar-refractivity contribution in [3.63, 3.8) is 0 Å². The van der Waals surface area contributed by atoms with Gasteiger partial charge in [0.2, 0.25) is 5.95 Å². The van der Waals surface area contributed by atoms with Crippen molar-refractivity contribution in [3.05, 3.63) is 51.2 Å². The lowest BCUT2D eigenvalue weighted by Gasteiger charge is -2.36. The Balaban J connectivity index is 1.48. The van der Waals surface area contributed by atoms with Gasteiger partial charge >= 0.3 is 0 Å². The second-order valence-electron chi connectivity index (χ2n) is 9.75. The first kappa shape index (κ1) is 26.4. The number of methoxy groups -OCH3 is 2. The highest BCUT2D eigenvalue weighted by atomic mass is 79.9. The van der Waals surface area contributed by atoms with Gasteiger partial charge in [-0.1, -0.05) is 30.5 Å². The highest BCUT2D eigenvalue weighted by Gasteiger charge is 2.29. The Labute approximate surface area is 229 Å². The smallest absolute Gasteiger partial charge is 0.262 e. The maximum atomic E-state index is 14.5. The van der Waals surface area contributed by atoms with Gasteiger partial charge in [-0.15, -0.1) is 0 Å². The summed E-state index contributed by atoms with van der Waals surface area (Å²) in [5.74, 6) is -0.388. The summed E-state index contributed by atoms with van der Waals surface area (Å²) in [6.45, 7) is 1.67. The van der Waals surface area contributed by atoms with E-state index >= 15 is 0 Å². The standard InChI is InChI=1S/C27H31BrClFN4O3/c1-36-26(37-2)16-10-12-33(13-11-16)22-15-23-21(14-19(22)29)31-27(34(23)17-6-3-4-7-17)32-25(35)24-18(28)8-5-9-20(24)30/h5,8-9,14-17,26H,3-4,6-7,10-13H2,1-2H3,(H,31,32,35). The van der Waals surface area contributed by atoms with E-state index in [2.05, 4.69) is 36.8 Å². The van der Waals surface area contributed by atoms with Crippen molar-refractivity contribution in [1.82, 2.24) is 9.55 Å². The lowest BCUT2D eigenvalue weighted by Crippen LogP contribution is -2.39. The third-order valence-electron chi connectivity index (χ3n) is 7.59. The van der Waals surface area contributed by atoms with E-state index in [-0.39, 0.29) is 17.9 Å². The van der Waals surface area contributed by atoms with Crippen molar-refractivity contribution >= 4 is 56.1 Å². The highest BCUT2D eigenvalue weighted by Crippen LogP contribution is 2.40. The fourth-order valence-electron chi connectivity index (χ4n) is 5.74. The number of piperidine rings is 1. The molecular weight excluding hydrogens is 563 g/mol. The van der Waals surface area contributed by atoms with Crippen LogP contribution in [0.5, 0.6) is 0 Å². The Morgan fingerprint density at radius 2 is 1.86 bits per heavy atom. The van der Waals surface area contributed by atoms with Crippen LogP contribution in [-0.2, 0) is 9.47 Å². The molecule has 3 aromatic rings. The van der Waals surface area contributed by atoms with E-state index in [1.807, 2.05) is 6.07 Å². The number of nitrogens with one attached hydrogen (secondary N) is 1. The Kier molecular flexibility index (Phi) is 8.04. The zero-order chi connectivity index (χ0) is 26.1. The number of halogens is 3. The van der Waals surface area contributed by atoms with E-state index in [4.69, 9.17) is 26.1 Å². The molecular formula is C27H31BrClFN4O3. The van der Waals surface area contributed by atoms with E-state index in [1.54, 1.807) is 26.4 Å². The predicted molar refractivity (Wildman–Crippen MR) is 147 cm³/mol. The zero-order valence-electron chi connectivity index (χ0n) is 21.0. The van der Waals surface area contributed by atoms with Crippen molar-refractivity contribution in [2.75, 3.05) is 37.5 Å². The van der Waals surface area contributed by atoms with E-state index < -0.39 is 11.7 Å². The van der Waals surface area contributed by atoms with Gasteiger partial charge in [0.1, 0.15) is 5.82 Å². The number of anilines is 2. The summed E-state index contributed by atoms with van der Waals surface area (Å²) in [6.07, 6.45) is 5.88. The van der Waals surface area contributed by atoms with Gasteiger partial charge in [0.15, 0.2) is 6.29 Å². The van der Waals surface area contributed by atoms with Gasteiger partial charge in [0, 0.05) is 43.7 Å². The van der Waals surface area contributed by atoms with Gasteiger partial charge in [-0.05, 0) is 65.9 Å². The molecule has 1 aliphatic heterocycles. The predicted octanol–water partition coefficient (Wildman–Crippen LogP) is 6.79. The average Bonchev–Trinajstić information content (AvgIpc) is 3.52. The van der Waals surface area contributed by atoms with Gasteiger partial charge in [-0.25, -0.2) is 9.37 Å². The lowest BCUT2D eigenvalue weighted by atomic mass is 9.95. The van der Waals surface area contributed by atoms with Crippen LogP contribution in [0.15, 0.2) is 34.8 Å². The number of imidazole rings is 1. The van der Waals surface area contributed by atoms with Crippen LogP contribution >= 0.6 is 27.5 Å². The molecule has 2 aliphatic rings. The summed E-state index contributed by atoms with van der Waals surface area (Å²) in [4.78, 5) is 20.2. The molecule has 1 saturated carbocycles. The number of nitrogens with zero attached hydrogens (tertiary/aromatic N) is 3. The maximum absolute atomic E-state index is 14.5. The van der Waals surface area contributed by atoms with Crippen LogP contribution in [-0.4, -0.2) is 49.1 Å². The molecule has 2 aromatic carbocycles. The number of carbonyl (C=O) groups excluding carboxylic acids is 1. The third-order valence-corrected chi connectivity index (χ3v) is 8.56. The van der Waals surface area contributed by atoms with Crippen LogP contribution < -0.4 is 10.2 Å². The Hall–Kier alpha value is -2.20. The van der Waals surface area contributed by atoms with Crippen LogP contribution in [0.2, 0.25) is 5.02 Å². The molecule has 0 bridgehead atoms. The molecule has 0 atom stereocenters. The molecule has 10 heteroatoms. The molecule has 198 valence electrons. The Morgan fingerprint density at radius 3 is 2.51 bits per heavy atom. The van der Waals surface area contributed by atoms with Crippen LogP contribution in [0.3, 0.4) is 0 Å². The quantitative estimate of drug-likeness (QED) is 0.306. The van der Waals surface area contributed by atoms with Gasteiger partial charge in [-0.3, -0.25) is 10.1 Å². The zero-order valence-corrected chi connectivity index (χ0v) is 23.3. The fraction of sp³-hybridized carbons (Fsp3) is 0.481. The number of aromatic nitrogens is 2. The van der Waals surface area contributed by atoms with Gasteiger partial charge in [0.05, 0.1) is 27.3 Å². The Bertz CT molecular complexity index is 1260. The summed E-state index contributed by atoms with van der Waals surface area (Å²) >= 11 is 10.1. The lowest BCUT2D eigenvalue weighted by molar-refractivity contribution is -0.141. The Morgan fingerprint density at radius 1 is 1.16 bits per heavy atom. The van der Waals surface area contributed by atoms with Crippen LogP contribution in [0.1, 0.15) is 54.9 Å². The van der Waals surface area contributed by atoms with Gasteiger partial charge in [0.25, 0.3) is 5.91 Å². The molecule has 1 amide bonds. The highest BCUT2D eigenvalue weighted by molar-refractivity contribution is 9.10. The van der Waals surface area contributed by atoms with E-state index in [0.29, 0.717) is 26.9 Å². The normalized spacial score (nSPS) is 17.3. The number of benzene rings is 2. The molecule has 1 N–H and O–H groups in total. The first-order valence-electron chi connectivity index (χ1n) is 12.7. The topological polar surface area (TPSA) is 68.6 Å².